The molecule has 0 bridgehead atoms. The maximum atomic E-state index is 12.2. The average Bonchev–Trinajstić information content (AvgIpc) is 2.49. The summed E-state index contributed by atoms with van der Waals surface area (Å²) < 4.78 is 12.2. The highest BCUT2D eigenvalue weighted by Gasteiger charge is 2.19. The van der Waals surface area contributed by atoms with Crippen LogP contribution in [0, 0.1) is 6.92 Å². The molecule has 0 saturated carbocycles. The van der Waals surface area contributed by atoms with E-state index >= 15 is 0 Å². The molecule has 0 heterocycles. The van der Waals surface area contributed by atoms with Crippen LogP contribution in [0.15, 0.2) is 28.7 Å². The third-order valence-corrected chi connectivity index (χ3v) is 4.48. The van der Waals surface area contributed by atoms with Crippen molar-refractivity contribution in [1.29, 1.82) is 0 Å². The number of anilines is 1. The van der Waals surface area contributed by atoms with E-state index in [-0.39, 0.29) is 0 Å². The second-order valence-corrected chi connectivity index (χ2v) is 7.86. The van der Waals surface area contributed by atoms with Crippen molar-refractivity contribution in [3.8, 4) is 5.75 Å². The third-order valence-electron chi connectivity index (χ3n) is 3.66. The van der Waals surface area contributed by atoms with Crippen LogP contribution in [0.5, 0.6) is 5.75 Å². The number of halogens is 1. The van der Waals surface area contributed by atoms with Crippen LogP contribution in [0.4, 0.5) is 10.5 Å². The van der Waals surface area contributed by atoms with Gasteiger partial charge in [-0.1, -0.05) is 31.5 Å². The molecule has 4 nitrogen and oxygen atoms in total. The molecule has 0 saturated heterocycles. The quantitative estimate of drug-likeness (QED) is 0.580. The molecule has 1 N–H and O–H groups in total. The lowest BCUT2D eigenvalue weighted by Crippen LogP contribution is -2.27. The number of carbonyl (C=O) groups excluding carboxylic acids is 1. The summed E-state index contributed by atoms with van der Waals surface area (Å²) in [6.45, 7) is 10.3. The molecular weight excluding hydrogens is 382 g/mol. The Morgan fingerprint density at radius 1 is 1.28 bits per heavy atom. The molecular formula is C20H26BrNO3. The molecule has 0 aliphatic heterocycles. The van der Waals surface area contributed by atoms with Gasteiger partial charge in [0.25, 0.3) is 0 Å². The zero-order valence-electron chi connectivity index (χ0n) is 15.5. The number of ether oxygens (including phenoxy) is 2. The zero-order chi connectivity index (χ0) is 18.6. The van der Waals surface area contributed by atoms with E-state index in [9.17, 15) is 4.79 Å². The first-order chi connectivity index (χ1) is 11.7. The second kappa shape index (κ2) is 8.09. The minimum absolute atomic E-state index is 0.486. The summed E-state index contributed by atoms with van der Waals surface area (Å²) in [6, 6.07) is 7.94. The van der Waals surface area contributed by atoms with Gasteiger partial charge in [-0.3, -0.25) is 5.32 Å². The summed E-state index contributed by atoms with van der Waals surface area (Å²) in [6.07, 6.45) is 1.56. The topological polar surface area (TPSA) is 47.6 Å². The monoisotopic (exact) mass is 407 g/mol. The van der Waals surface area contributed by atoms with Gasteiger partial charge < -0.3 is 9.47 Å². The Kier molecular flexibility index (Phi) is 6.33. The SMILES string of the molecule is CCCCOc1cc(NC(=O)OC(C)(C)C)c(Br)c2c(C)cccc12. The van der Waals surface area contributed by atoms with E-state index < -0.39 is 11.7 Å². The molecule has 1 amide bonds. The summed E-state index contributed by atoms with van der Waals surface area (Å²) in [5, 5.41) is 4.88. The lowest BCUT2D eigenvalue weighted by molar-refractivity contribution is 0.0636. The minimum atomic E-state index is -0.552. The molecule has 136 valence electrons. The first-order valence-electron chi connectivity index (χ1n) is 8.57. The number of hydrogen-bond donors (Lipinski definition) is 1. The van der Waals surface area contributed by atoms with E-state index in [4.69, 9.17) is 9.47 Å². The van der Waals surface area contributed by atoms with Gasteiger partial charge in [0, 0.05) is 21.3 Å². The van der Waals surface area contributed by atoms with Crippen molar-refractivity contribution in [2.45, 2.75) is 53.1 Å². The van der Waals surface area contributed by atoms with Crippen molar-refractivity contribution in [2.75, 3.05) is 11.9 Å². The average molecular weight is 408 g/mol. The predicted molar refractivity (Wildman–Crippen MR) is 107 cm³/mol. The molecule has 0 spiro atoms. The van der Waals surface area contributed by atoms with Gasteiger partial charge in [0.05, 0.1) is 12.3 Å². The van der Waals surface area contributed by atoms with Crippen LogP contribution in [0.2, 0.25) is 0 Å². The number of hydrogen-bond acceptors (Lipinski definition) is 3. The van der Waals surface area contributed by atoms with E-state index in [2.05, 4.69) is 28.2 Å². The third kappa shape index (κ3) is 5.11. The number of nitrogens with one attached hydrogen (secondary N) is 1. The van der Waals surface area contributed by atoms with E-state index in [0.29, 0.717) is 12.3 Å². The standard InChI is InChI=1S/C20H26BrNO3/c1-6-7-11-24-16-12-15(22-19(23)25-20(3,4)5)18(21)17-13(2)9-8-10-14(16)17/h8-10,12H,6-7,11H2,1-5H3,(H,22,23). The predicted octanol–water partition coefficient (Wildman–Crippen LogP) is 6.44. The van der Waals surface area contributed by atoms with Crippen molar-refractivity contribution in [3.05, 3.63) is 34.3 Å². The molecule has 0 radical (unpaired) electrons. The smallest absolute Gasteiger partial charge is 0.412 e. The minimum Gasteiger partial charge on any atom is -0.493 e. The van der Waals surface area contributed by atoms with Gasteiger partial charge >= 0.3 is 6.09 Å². The van der Waals surface area contributed by atoms with Crippen LogP contribution in [-0.2, 0) is 4.74 Å². The van der Waals surface area contributed by atoms with Crippen molar-refractivity contribution in [3.63, 3.8) is 0 Å². The highest BCUT2D eigenvalue weighted by atomic mass is 79.9. The highest BCUT2D eigenvalue weighted by Crippen LogP contribution is 2.40. The normalized spacial score (nSPS) is 11.4. The van der Waals surface area contributed by atoms with Crippen molar-refractivity contribution < 1.29 is 14.3 Å². The second-order valence-electron chi connectivity index (χ2n) is 7.06. The number of rotatable bonds is 5. The van der Waals surface area contributed by atoms with Crippen molar-refractivity contribution in [1.82, 2.24) is 0 Å². The highest BCUT2D eigenvalue weighted by molar-refractivity contribution is 9.10. The molecule has 0 aliphatic carbocycles. The van der Waals surface area contributed by atoms with Crippen LogP contribution in [0.3, 0.4) is 0 Å². The van der Waals surface area contributed by atoms with Crippen LogP contribution < -0.4 is 10.1 Å². The summed E-state index contributed by atoms with van der Waals surface area (Å²) in [5.74, 6) is 0.765. The van der Waals surface area contributed by atoms with Gasteiger partial charge in [0.1, 0.15) is 11.4 Å². The fourth-order valence-corrected chi connectivity index (χ4v) is 3.26. The Labute approximate surface area is 158 Å². The molecule has 5 heteroatoms. The Bertz CT molecular complexity index is 766. The summed E-state index contributed by atoms with van der Waals surface area (Å²) in [5.41, 5.74) is 1.20. The zero-order valence-corrected chi connectivity index (χ0v) is 17.1. The Hall–Kier alpha value is -1.75. The van der Waals surface area contributed by atoms with E-state index in [0.717, 1.165) is 39.4 Å². The molecule has 2 aromatic rings. The number of fused-ring (bicyclic) bond motifs is 1. The molecule has 0 fully saturated rings. The molecule has 2 rings (SSSR count). The van der Waals surface area contributed by atoms with Crippen molar-refractivity contribution in [2.24, 2.45) is 0 Å². The number of benzene rings is 2. The molecule has 2 aromatic carbocycles. The number of unbranched alkanes of at least 4 members (excludes halogenated alkanes) is 1. The van der Waals surface area contributed by atoms with E-state index in [1.807, 2.05) is 52.0 Å². The Morgan fingerprint density at radius 2 is 2.00 bits per heavy atom. The van der Waals surface area contributed by atoms with Gasteiger partial charge in [0.2, 0.25) is 0 Å². The summed E-state index contributed by atoms with van der Waals surface area (Å²) in [4.78, 5) is 12.2. The van der Waals surface area contributed by atoms with Crippen LogP contribution in [0.1, 0.15) is 46.1 Å². The Balaban J connectivity index is 2.44. The van der Waals surface area contributed by atoms with Gasteiger partial charge in [-0.15, -0.1) is 0 Å². The molecule has 0 unspecified atom stereocenters. The maximum Gasteiger partial charge on any atom is 0.412 e. The lowest BCUT2D eigenvalue weighted by Gasteiger charge is -2.21. The molecule has 25 heavy (non-hydrogen) atoms. The number of aryl methyl sites for hydroxylation is 1. The van der Waals surface area contributed by atoms with Crippen molar-refractivity contribution >= 4 is 38.5 Å². The van der Waals surface area contributed by atoms with Crippen LogP contribution >= 0.6 is 15.9 Å². The van der Waals surface area contributed by atoms with E-state index in [1.165, 1.54) is 0 Å². The number of amides is 1. The van der Waals surface area contributed by atoms with Gasteiger partial charge in [-0.05, 0) is 55.6 Å². The lowest BCUT2D eigenvalue weighted by atomic mass is 10.0. The Morgan fingerprint density at radius 3 is 2.64 bits per heavy atom. The maximum absolute atomic E-state index is 12.2. The first-order valence-corrected chi connectivity index (χ1v) is 9.37. The summed E-state index contributed by atoms with van der Waals surface area (Å²) >= 11 is 3.63. The molecule has 0 aromatic heterocycles. The van der Waals surface area contributed by atoms with Crippen LogP contribution in [-0.4, -0.2) is 18.3 Å². The van der Waals surface area contributed by atoms with Crippen LogP contribution in [0.25, 0.3) is 10.8 Å². The first kappa shape index (κ1) is 19.6. The van der Waals surface area contributed by atoms with Gasteiger partial charge in [-0.25, -0.2) is 4.79 Å². The molecule has 0 aliphatic rings. The van der Waals surface area contributed by atoms with Gasteiger partial charge in [-0.2, -0.15) is 0 Å². The fraction of sp³-hybridized carbons (Fsp3) is 0.450. The molecule has 0 atom stereocenters. The number of carbonyl (C=O) groups is 1. The summed E-state index contributed by atoms with van der Waals surface area (Å²) in [7, 11) is 0. The largest absolute Gasteiger partial charge is 0.493 e. The van der Waals surface area contributed by atoms with E-state index in [1.54, 1.807) is 0 Å². The fourth-order valence-electron chi connectivity index (χ4n) is 2.52. The van der Waals surface area contributed by atoms with Gasteiger partial charge in [0.15, 0.2) is 0 Å².